The van der Waals surface area contributed by atoms with Crippen molar-refractivity contribution < 1.29 is 9.18 Å². The summed E-state index contributed by atoms with van der Waals surface area (Å²) in [6, 6.07) is 6.40. The van der Waals surface area contributed by atoms with Crippen LogP contribution in [0.15, 0.2) is 30.5 Å². The first-order chi connectivity index (χ1) is 10.7. The molecule has 0 atom stereocenters. The number of fused-ring (bicyclic) bond motifs is 1. The van der Waals surface area contributed by atoms with E-state index in [0.29, 0.717) is 16.6 Å². The van der Waals surface area contributed by atoms with Crippen LogP contribution in [0.5, 0.6) is 0 Å². The lowest BCUT2D eigenvalue weighted by molar-refractivity contribution is -0.116. The molecule has 1 amide bonds. The van der Waals surface area contributed by atoms with E-state index in [1.807, 2.05) is 6.07 Å². The number of aromatic nitrogens is 3. The lowest BCUT2D eigenvalue weighted by atomic mass is 10.2. The Balaban J connectivity index is 1.49. The van der Waals surface area contributed by atoms with Gasteiger partial charge in [-0.1, -0.05) is 11.3 Å². The van der Waals surface area contributed by atoms with Gasteiger partial charge in [0.15, 0.2) is 0 Å². The Hall–Kier alpha value is -2.28. The topological polar surface area (TPSA) is 59.8 Å². The van der Waals surface area contributed by atoms with Crippen LogP contribution in [0.4, 0.5) is 9.52 Å². The van der Waals surface area contributed by atoms with Crippen molar-refractivity contribution in [3.05, 3.63) is 41.3 Å². The zero-order chi connectivity index (χ0) is 15.1. The molecule has 0 aliphatic heterocycles. The van der Waals surface area contributed by atoms with E-state index in [9.17, 15) is 9.18 Å². The minimum absolute atomic E-state index is 0.116. The third-order valence-electron chi connectivity index (χ3n) is 3.66. The van der Waals surface area contributed by atoms with E-state index in [0.717, 1.165) is 23.2 Å². The highest BCUT2D eigenvalue weighted by atomic mass is 32.1. The van der Waals surface area contributed by atoms with Crippen molar-refractivity contribution in [2.75, 3.05) is 5.32 Å². The van der Waals surface area contributed by atoms with Gasteiger partial charge in [-0.25, -0.2) is 4.39 Å². The number of amides is 1. The molecule has 2 aromatic heterocycles. The van der Waals surface area contributed by atoms with Crippen molar-refractivity contribution in [1.82, 2.24) is 14.8 Å². The lowest BCUT2D eigenvalue weighted by Gasteiger charge is -2.05. The van der Waals surface area contributed by atoms with Crippen molar-refractivity contribution in [2.45, 2.75) is 25.3 Å². The van der Waals surface area contributed by atoms with Gasteiger partial charge in [-0.05, 0) is 42.5 Å². The molecule has 0 bridgehead atoms. The Morgan fingerprint density at radius 3 is 3.05 bits per heavy atom. The van der Waals surface area contributed by atoms with Gasteiger partial charge in [0, 0.05) is 12.1 Å². The monoisotopic (exact) mass is 316 g/mol. The van der Waals surface area contributed by atoms with Crippen molar-refractivity contribution >= 4 is 33.3 Å². The second kappa shape index (κ2) is 5.17. The summed E-state index contributed by atoms with van der Waals surface area (Å²) in [7, 11) is 0. The molecule has 5 nitrogen and oxygen atoms in total. The predicted molar refractivity (Wildman–Crippen MR) is 82.4 cm³/mol. The van der Waals surface area contributed by atoms with Crippen LogP contribution in [0.25, 0.3) is 10.9 Å². The Morgan fingerprint density at radius 1 is 1.36 bits per heavy atom. The molecule has 1 saturated carbocycles. The van der Waals surface area contributed by atoms with E-state index >= 15 is 0 Å². The zero-order valence-corrected chi connectivity index (χ0v) is 12.4. The third kappa shape index (κ3) is 2.59. The average Bonchev–Trinajstić information content (AvgIpc) is 3.13. The summed E-state index contributed by atoms with van der Waals surface area (Å²) in [5, 5.41) is 13.2. The second-order valence-electron chi connectivity index (χ2n) is 5.41. The molecule has 1 aromatic carbocycles. The van der Waals surface area contributed by atoms with Gasteiger partial charge in [-0.2, -0.15) is 0 Å². The zero-order valence-electron chi connectivity index (χ0n) is 11.6. The molecule has 1 aliphatic rings. The molecule has 22 heavy (non-hydrogen) atoms. The van der Waals surface area contributed by atoms with Gasteiger partial charge in [-0.3, -0.25) is 10.1 Å². The van der Waals surface area contributed by atoms with E-state index in [1.54, 1.807) is 16.8 Å². The van der Waals surface area contributed by atoms with Gasteiger partial charge < -0.3 is 4.57 Å². The second-order valence-corrected chi connectivity index (χ2v) is 6.42. The molecular weight excluding hydrogens is 303 g/mol. The van der Waals surface area contributed by atoms with Gasteiger partial charge in [-0.15, -0.1) is 10.2 Å². The number of nitrogens with zero attached hydrogens (tertiary/aromatic N) is 3. The first kappa shape index (κ1) is 13.4. The van der Waals surface area contributed by atoms with Gasteiger partial charge in [0.2, 0.25) is 11.0 Å². The molecule has 2 heterocycles. The van der Waals surface area contributed by atoms with Gasteiger partial charge in [0.25, 0.3) is 0 Å². The standard InChI is InChI=1S/C15H13FN4OS/c16-11-4-3-9-5-6-20(12(9)7-11)8-13(21)17-15-19-18-14(22-15)10-1-2-10/h3-7,10H,1-2,8H2,(H,17,19,21). The summed E-state index contributed by atoms with van der Waals surface area (Å²) in [5.74, 6) is 0.0193. The van der Waals surface area contributed by atoms with Crippen LogP contribution in [0.1, 0.15) is 23.8 Å². The predicted octanol–water partition coefficient (Wildman–Crippen LogP) is 3.15. The lowest BCUT2D eigenvalue weighted by Crippen LogP contribution is -2.18. The quantitative estimate of drug-likeness (QED) is 0.804. The van der Waals surface area contributed by atoms with E-state index in [2.05, 4.69) is 15.5 Å². The minimum atomic E-state index is -0.314. The van der Waals surface area contributed by atoms with Crippen molar-refractivity contribution in [1.29, 1.82) is 0 Å². The highest BCUT2D eigenvalue weighted by Gasteiger charge is 2.27. The largest absolute Gasteiger partial charge is 0.338 e. The Morgan fingerprint density at radius 2 is 2.23 bits per heavy atom. The SMILES string of the molecule is O=C(Cn1ccc2ccc(F)cc21)Nc1nnc(C2CC2)s1. The normalized spacial score (nSPS) is 14.4. The Labute approximate surface area is 129 Å². The summed E-state index contributed by atoms with van der Waals surface area (Å²) in [6.07, 6.45) is 4.09. The Bertz CT molecular complexity index is 852. The average molecular weight is 316 g/mol. The summed E-state index contributed by atoms with van der Waals surface area (Å²) < 4.78 is 15.1. The van der Waals surface area contributed by atoms with Crippen LogP contribution < -0.4 is 5.32 Å². The first-order valence-electron chi connectivity index (χ1n) is 7.07. The van der Waals surface area contributed by atoms with Crippen LogP contribution in [0.2, 0.25) is 0 Å². The fraction of sp³-hybridized carbons (Fsp3) is 0.267. The molecule has 0 saturated heterocycles. The molecular formula is C15H13FN4OS. The first-order valence-corrected chi connectivity index (χ1v) is 7.88. The number of hydrogen-bond donors (Lipinski definition) is 1. The van der Waals surface area contributed by atoms with Gasteiger partial charge in [0.1, 0.15) is 17.4 Å². The minimum Gasteiger partial charge on any atom is -0.338 e. The molecule has 0 unspecified atom stereocenters. The van der Waals surface area contributed by atoms with Crippen LogP contribution in [-0.4, -0.2) is 20.7 Å². The molecule has 1 aliphatic carbocycles. The summed E-state index contributed by atoms with van der Waals surface area (Å²) in [5.41, 5.74) is 0.700. The van der Waals surface area contributed by atoms with Crippen LogP contribution in [0, 0.1) is 5.82 Å². The van der Waals surface area contributed by atoms with Crippen molar-refractivity contribution in [2.24, 2.45) is 0 Å². The third-order valence-corrected chi connectivity index (χ3v) is 4.66. The number of halogens is 1. The maximum Gasteiger partial charge on any atom is 0.246 e. The highest BCUT2D eigenvalue weighted by molar-refractivity contribution is 7.15. The van der Waals surface area contributed by atoms with Gasteiger partial charge in [0.05, 0.1) is 5.52 Å². The molecule has 1 N–H and O–H groups in total. The van der Waals surface area contributed by atoms with E-state index in [-0.39, 0.29) is 18.3 Å². The fourth-order valence-corrected chi connectivity index (χ4v) is 3.32. The number of carbonyl (C=O) groups excluding carboxylic acids is 1. The molecule has 0 radical (unpaired) electrons. The number of hydrogen-bond acceptors (Lipinski definition) is 4. The number of benzene rings is 1. The van der Waals surface area contributed by atoms with E-state index < -0.39 is 0 Å². The number of anilines is 1. The fourth-order valence-electron chi connectivity index (χ4n) is 2.39. The molecule has 3 aromatic rings. The summed E-state index contributed by atoms with van der Waals surface area (Å²) in [4.78, 5) is 12.1. The Kier molecular flexibility index (Phi) is 3.15. The molecule has 0 spiro atoms. The summed E-state index contributed by atoms with van der Waals surface area (Å²) in [6.45, 7) is 0.116. The van der Waals surface area contributed by atoms with Crippen LogP contribution in [-0.2, 0) is 11.3 Å². The van der Waals surface area contributed by atoms with Crippen LogP contribution >= 0.6 is 11.3 Å². The number of nitrogens with one attached hydrogen (secondary N) is 1. The van der Waals surface area contributed by atoms with Crippen LogP contribution in [0.3, 0.4) is 0 Å². The van der Waals surface area contributed by atoms with Crippen molar-refractivity contribution in [3.8, 4) is 0 Å². The van der Waals surface area contributed by atoms with Gasteiger partial charge >= 0.3 is 0 Å². The van der Waals surface area contributed by atoms with E-state index in [4.69, 9.17) is 0 Å². The van der Waals surface area contributed by atoms with E-state index in [1.165, 1.54) is 23.5 Å². The maximum atomic E-state index is 13.3. The molecule has 112 valence electrons. The molecule has 1 fully saturated rings. The number of rotatable bonds is 4. The van der Waals surface area contributed by atoms with Crippen molar-refractivity contribution in [3.63, 3.8) is 0 Å². The summed E-state index contributed by atoms with van der Waals surface area (Å²) >= 11 is 1.43. The molecule has 4 rings (SSSR count). The smallest absolute Gasteiger partial charge is 0.246 e. The number of carbonyl (C=O) groups is 1. The maximum absolute atomic E-state index is 13.3. The molecule has 7 heteroatoms. The highest BCUT2D eigenvalue weighted by Crippen LogP contribution is 2.42.